The number of rotatable bonds is 5. The van der Waals surface area contributed by atoms with E-state index in [-0.39, 0.29) is 0 Å². The zero-order chi connectivity index (χ0) is 13.0. The molecule has 3 heteroatoms. The molecule has 2 rings (SSSR count). The van der Waals surface area contributed by atoms with E-state index in [1.807, 2.05) is 6.07 Å². The van der Waals surface area contributed by atoms with E-state index in [1.165, 1.54) is 11.1 Å². The number of hydrogen-bond donors (Lipinski definition) is 1. The van der Waals surface area contributed by atoms with Crippen LogP contribution in [0.5, 0.6) is 5.75 Å². The molecule has 0 saturated carbocycles. The number of likely N-dealkylation sites (tertiary alicyclic amines) is 1. The van der Waals surface area contributed by atoms with Crippen LogP contribution in [0, 0.1) is 13.8 Å². The summed E-state index contributed by atoms with van der Waals surface area (Å²) in [7, 11) is 0. The molecule has 1 aromatic carbocycles. The molecule has 2 N–H and O–H groups in total. The Labute approximate surface area is 110 Å². The SMILES string of the molecule is Cc1ccc(OCCCN2CCC(N)C2)cc1C. The Morgan fingerprint density at radius 1 is 1.33 bits per heavy atom. The largest absolute Gasteiger partial charge is 0.494 e. The maximum absolute atomic E-state index is 5.88. The standard InChI is InChI=1S/C15H24N2O/c1-12-4-5-15(10-13(12)2)18-9-3-7-17-8-6-14(16)11-17/h4-5,10,14H,3,6-9,11,16H2,1-2H3. The van der Waals surface area contributed by atoms with E-state index < -0.39 is 0 Å². The summed E-state index contributed by atoms with van der Waals surface area (Å²) in [5.41, 5.74) is 8.48. The highest BCUT2D eigenvalue weighted by molar-refractivity contribution is 5.33. The van der Waals surface area contributed by atoms with Gasteiger partial charge in [-0.1, -0.05) is 6.07 Å². The number of ether oxygens (including phenoxy) is 1. The molecule has 0 radical (unpaired) electrons. The molecule has 0 amide bonds. The molecule has 1 heterocycles. The summed E-state index contributed by atoms with van der Waals surface area (Å²) in [5.74, 6) is 0.983. The molecule has 0 aliphatic carbocycles. The first kappa shape index (κ1) is 13.4. The Hall–Kier alpha value is -1.06. The number of benzene rings is 1. The van der Waals surface area contributed by atoms with E-state index in [0.717, 1.165) is 44.8 Å². The summed E-state index contributed by atoms with van der Waals surface area (Å²) in [6.07, 6.45) is 2.21. The number of aryl methyl sites for hydroxylation is 2. The molecular formula is C15H24N2O. The Morgan fingerprint density at radius 3 is 2.83 bits per heavy atom. The van der Waals surface area contributed by atoms with Gasteiger partial charge in [-0.3, -0.25) is 0 Å². The van der Waals surface area contributed by atoms with E-state index in [9.17, 15) is 0 Å². The third-order valence-electron chi connectivity index (χ3n) is 3.67. The first-order chi connectivity index (χ1) is 8.65. The maximum atomic E-state index is 5.88. The molecule has 0 aromatic heterocycles. The van der Waals surface area contributed by atoms with Gasteiger partial charge in [-0.15, -0.1) is 0 Å². The van der Waals surface area contributed by atoms with Crippen molar-refractivity contribution in [2.24, 2.45) is 5.73 Å². The van der Waals surface area contributed by atoms with Gasteiger partial charge < -0.3 is 15.4 Å². The van der Waals surface area contributed by atoms with Gasteiger partial charge in [0.25, 0.3) is 0 Å². The minimum Gasteiger partial charge on any atom is -0.494 e. The number of nitrogens with zero attached hydrogens (tertiary/aromatic N) is 1. The molecule has 1 atom stereocenters. The quantitative estimate of drug-likeness (QED) is 0.811. The van der Waals surface area contributed by atoms with Gasteiger partial charge in [0, 0.05) is 19.1 Å². The van der Waals surface area contributed by atoms with Gasteiger partial charge in [-0.2, -0.15) is 0 Å². The van der Waals surface area contributed by atoms with Crippen molar-refractivity contribution < 1.29 is 4.74 Å². The van der Waals surface area contributed by atoms with Crippen molar-refractivity contribution in [3.05, 3.63) is 29.3 Å². The highest BCUT2D eigenvalue weighted by Crippen LogP contribution is 2.16. The van der Waals surface area contributed by atoms with Crippen LogP contribution in [-0.4, -0.2) is 37.2 Å². The van der Waals surface area contributed by atoms with Crippen LogP contribution < -0.4 is 10.5 Å². The Bertz CT molecular complexity index is 392. The van der Waals surface area contributed by atoms with Crippen LogP contribution in [-0.2, 0) is 0 Å². The molecule has 1 unspecified atom stereocenters. The monoisotopic (exact) mass is 248 g/mol. The van der Waals surface area contributed by atoms with Crippen molar-refractivity contribution in [1.82, 2.24) is 4.90 Å². The second kappa shape index (κ2) is 6.21. The maximum Gasteiger partial charge on any atom is 0.119 e. The van der Waals surface area contributed by atoms with Crippen LogP contribution in [0.3, 0.4) is 0 Å². The molecule has 1 aromatic rings. The van der Waals surface area contributed by atoms with Crippen LogP contribution >= 0.6 is 0 Å². The lowest BCUT2D eigenvalue weighted by atomic mass is 10.1. The summed E-state index contributed by atoms with van der Waals surface area (Å²) in [6.45, 7) is 8.31. The van der Waals surface area contributed by atoms with Gasteiger partial charge in [-0.05, 0) is 56.5 Å². The van der Waals surface area contributed by atoms with E-state index in [0.29, 0.717) is 6.04 Å². The highest BCUT2D eigenvalue weighted by Gasteiger charge is 2.17. The summed E-state index contributed by atoms with van der Waals surface area (Å²) in [6, 6.07) is 6.66. The molecular weight excluding hydrogens is 224 g/mol. The zero-order valence-corrected chi connectivity index (χ0v) is 11.5. The van der Waals surface area contributed by atoms with Crippen molar-refractivity contribution in [2.45, 2.75) is 32.7 Å². The fraction of sp³-hybridized carbons (Fsp3) is 0.600. The lowest BCUT2D eigenvalue weighted by Gasteiger charge is -2.15. The van der Waals surface area contributed by atoms with Crippen LogP contribution in [0.25, 0.3) is 0 Å². The van der Waals surface area contributed by atoms with E-state index in [4.69, 9.17) is 10.5 Å². The van der Waals surface area contributed by atoms with Crippen molar-refractivity contribution in [2.75, 3.05) is 26.2 Å². The molecule has 3 nitrogen and oxygen atoms in total. The van der Waals surface area contributed by atoms with Crippen molar-refractivity contribution in [1.29, 1.82) is 0 Å². The first-order valence-electron chi connectivity index (χ1n) is 6.83. The number of hydrogen-bond acceptors (Lipinski definition) is 3. The molecule has 1 fully saturated rings. The fourth-order valence-corrected chi connectivity index (χ4v) is 2.35. The topological polar surface area (TPSA) is 38.5 Å². The van der Waals surface area contributed by atoms with Crippen LogP contribution in [0.1, 0.15) is 24.0 Å². The summed E-state index contributed by atoms with van der Waals surface area (Å²) in [5, 5.41) is 0. The van der Waals surface area contributed by atoms with Gasteiger partial charge in [0.05, 0.1) is 6.61 Å². The first-order valence-corrected chi connectivity index (χ1v) is 6.83. The van der Waals surface area contributed by atoms with Crippen molar-refractivity contribution in [3.8, 4) is 5.75 Å². The van der Waals surface area contributed by atoms with Crippen LogP contribution in [0.2, 0.25) is 0 Å². The highest BCUT2D eigenvalue weighted by atomic mass is 16.5. The van der Waals surface area contributed by atoms with Gasteiger partial charge in [0.2, 0.25) is 0 Å². The van der Waals surface area contributed by atoms with Crippen molar-refractivity contribution in [3.63, 3.8) is 0 Å². The Balaban J connectivity index is 1.67. The van der Waals surface area contributed by atoms with E-state index in [1.54, 1.807) is 0 Å². The minimum atomic E-state index is 0.380. The Morgan fingerprint density at radius 2 is 2.17 bits per heavy atom. The Kier molecular flexibility index (Phi) is 4.61. The lowest BCUT2D eigenvalue weighted by molar-refractivity contribution is 0.262. The lowest BCUT2D eigenvalue weighted by Crippen LogP contribution is -2.28. The third-order valence-corrected chi connectivity index (χ3v) is 3.67. The summed E-state index contributed by atoms with van der Waals surface area (Å²) < 4.78 is 5.77. The van der Waals surface area contributed by atoms with Crippen LogP contribution in [0.15, 0.2) is 18.2 Å². The van der Waals surface area contributed by atoms with Gasteiger partial charge in [0.1, 0.15) is 5.75 Å². The van der Waals surface area contributed by atoms with Crippen molar-refractivity contribution >= 4 is 0 Å². The molecule has 0 spiro atoms. The number of nitrogens with two attached hydrogens (primary N) is 1. The summed E-state index contributed by atoms with van der Waals surface area (Å²) >= 11 is 0. The fourth-order valence-electron chi connectivity index (χ4n) is 2.35. The van der Waals surface area contributed by atoms with Gasteiger partial charge >= 0.3 is 0 Å². The van der Waals surface area contributed by atoms with Crippen LogP contribution in [0.4, 0.5) is 0 Å². The smallest absolute Gasteiger partial charge is 0.119 e. The normalized spacial score (nSPS) is 20.3. The van der Waals surface area contributed by atoms with Gasteiger partial charge in [0.15, 0.2) is 0 Å². The average molecular weight is 248 g/mol. The second-order valence-electron chi connectivity index (χ2n) is 5.30. The zero-order valence-electron chi connectivity index (χ0n) is 11.5. The molecule has 18 heavy (non-hydrogen) atoms. The predicted octanol–water partition coefficient (Wildman–Crippen LogP) is 2.11. The second-order valence-corrected chi connectivity index (χ2v) is 5.30. The molecule has 1 aliphatic heterocycles. The minimum absolute atomic E-state index is 0.380. The average Bonchev–Trinajstić information content (AvgIpc) is 2.75. The molecule has 1 aliphatic rings. The third kappa shape index (κ3) is 3.72. The van der Waals surface area contributed by atoms with Gasteiger partial charge in [-0.25, -0.2) is 0 Å². The molecule has 0 bridgehead atoms. The predicted molar refractivity (Wildman–Crippen MR) is 75.1 cm³/mol. The molecule has 1 saturated heterocycles. The van der Waals surface area contributed by atoms with E-state index >= 15 is 0 Å². The molecule has 100 valence electrons. The summed E-state index contributed by atoms with van der Waals surface area (Å²) in [4.78, 5) is 2.43. The van der Waals surface area contributed by atoms with E-state index in [2.05, 4.69) is 30.9 Å².